The van der Waals surface area contributed by atoms with Crippen molar-refractivity contribution >= 4 is 11.8 Å². The van der Waals surface area contributed by atoms with E-state index in [1.165, 1.54) is 38.5 Å². The number of anilines is 1. The zero-order valence-corrected chi connectivity index (χ0v) is 12.2. The minimum atomic E-state index is -2.92. The van der Waals surface area contributed by atoms with Crippen molar-refractivity contribution in [2.75, 3.05) is 20.0 Å². The maximum absolute atomic E-state index is 12.1. The van der Waals surface area contributed by atoms with E-state index in [1.54, 1.807) is 0 Å². The molecule has 0 aliphatic heterocycles. The lowest BCUT2D eigenvalue weighted by Gasteiger charge is -2.11. The third-order valence-electron chi connectivity index (χ3n) is 2.81. The molecule has 2 aromatic rings. The van der Waals surface area contributed by atoms with Crippen molar-refractivity contribution in [1.82, 2.24) is 9.97 Å². The molecule has 0 bridgehead atoms. The number of methoxy groups -OCH3 is 2. The second-order valence-electron chi connectivity index (χ2n) is 4.21. The molecular formula is C14H13F2N3O4. The van der Waals surface area contributed by atoms with Crippen LogP contribution in [0.3, 0.4) is 0 Å². The van der Waals surface area contributed by atoms with Crippen LogP contribution in [0.4, 0.5) is 14.6 Å². The molecule has 0 unspecified atom stereocenters. The molecule has 2 N–H and O–H groups in total. The average molecular weight is 325 g/mol. The van der Waals surface area contributed by atoms with E-state index >= 15 is 0 Å². The van der Waals surface area contributed by atoms with Gasteiger partial charge >= 0.3 is 12.6 Å². The van der Waals surface area contributed by atoms with Gasteiger partial charge in [0.15, 0.2) is 23.1 Å². The molecule has 122 valence electrons. The fourth-order valence-electron chi connectivity index (χ4n) is 1.82. The number of aromatic nitrogens is 2. The Balaban J connectivity index is 2.43. The number of nitrogens with two attached hydrogens (primary N) is 1. The summed E-state index contributed by atoms with van der Waals surface area (Å²) in [6.07, 6.45) is 0. The van der Waals surface area contributed by atoms with Gasteiger partial charge in [0.25, 0.3) is 0 Å². The van der Waals surface area contributed by atoms with Crippen molar-refractivity contribution in [1.29, 1.82) is 0 Å². The molecule has 9 heteroatoms. The van der Waals surface area contributed by atoms with Gasteiger partial charge in [-0.05, 0) is 24.3 Å². The molecule has 0 atom stereocenters. The van der Waals surface area contributed by atoms with E-state index < -0.39 is 12.6 Å². The van der Waals surface area contributed by atoms with Gasteiger partial charge in [-0.15, -0.1) is 0 Å². The second kappa shape index (κ2) is 6.86. The van der Waals surface area contributed by atoms with Gasteiger partial charge in [0.1, 0.15) is 5.75 Å². The normalized spacial score (nSPS) is 10.5. The molecule has 2 rings (SSSR count). The standard InChI is InChI=1S/C14H13F2N3O4/c1-21-10-9(13(20)22-2)18-12(19-11(10)17)7-3-5-8(6-4-7)23-14(15)16/h3-6,14H,1-2H3,(H2,17,18,19). The molecule has 0 fully saturated rings. The van der Waals surface area contributed by atoms with Crippen LogP contribution in [-0.2, 0) is 4.74 Å². The Bertz CT molecular complexity index is 708. The molecule has 7 nitrogen and oxygen atoms in total. The number of benzene rings is 1. The number of esters is 1. The number of rotatable bonds is 5. The smallest absolute Gasteiger partial charge is 0.387 e. The number of nitrogens with zero attached hydrogens (tertiary/aromatic N) is 2. The molecule has 0 saturated heterocycles. The molecule has 0 amide bonds. The first-order valence-corrected chi connectivity index (χ1v) is 6.31. The van der Waals surface area contributed by atoms with Crippen LogP contribution in [0.25, 0.3) is 11.4 Å². The van der Waals surface area contributed by atoms with Crippen molar-refractivity contribution < 1.29 is 27.8 Å². The van der Waals surface area contributed by atoms with Gasteiger partial charge in [0, 0.05) is 5.56 Å². The number of ether oxygens (including phenoxy) is 3. The molecule has 0 radical (unpaired) electrons. The Kier molecular flexibility index (Phi) is 4.89. The average Bonchev–Trinajstić information content (AvgIpc) is 2.53. The molecule has 1 aromatic carbocycles. The van der Waals surface area contributed by atoms with E-state index in [4.69, 9.17) is 10.5 Å². The van der Waals surface area contributed by atoms with E-state index in [1.807, 2.05) is 0 Å². The molecule has 0 aliphatic carbocycles. The summed E-state index contributed by atoms with van der Waals surface area (Å²) in [7, 11) is 2.51. The van der Waals surface area contributed by atoms with Gasteiger partial charge < -0.3 is 19.9 Å². The summed E-state index contributed by atoms with van der Waals surface area (Å²) >= 11 is 0. The van der Waals surface area contributed by atoms with Crippen molar-refractivity contribution in [3.63, 3.8) is 0 Å². The lowest BCUT2D eigenvalue weighted by Crippen LogP contribution is -2.11. The highest BCUT2D eigenvalue weighted by molar-refractivity contribution is 5.92. The van der Waals surface area contributed by atoms with E-state index in [0.29, 0.717) is 5.56 Å². The van der Waals surface area contributed by atoms with E-state index in [0.717, 1.165) is 0 Å². The quantitative estimate of drug-likeness (QED) is 0.841. The predicted octanol–water partition coefficient (Wildman–Crippen LogP) is 2.12. The van der Waals surface area contributed by atoms with Crippen molar-refractivity contribution in [3.05, 3.63) is 30.0 Å². The molecule has 23 heavy (non-hydrogen) atoms. The first kappa shape index (κ1) is 16.4. The summed E-state index contributed by atoms with van der Waals surface area (Å²) in [6.45, 7) is -2.92. The molecule has 1 heterocycles. The van der Waals surface area contributed by atoms with Gasteiger partial charge in [0.05, 0.1) is 14.2 Å². The van der Waals surface area contributed by atoms with Gasteiger partial charge in [-0.3, -0.25) is 0 Å². The number of nitrogen functional groups attached to an aromatic ring is 1. The Morgan fingerprint density at radius 2 is 1.83 bits per heavy atom. The van der Waals surface area contributed by atoms with E-state index in [-0.39, 0.29) is 28.8 Å². The number of hydrogen-bond donors (Lipinski definition) is 1. The lowest BCUT2D eigenvalue weighted by atomic mass is 10.2. The number of hydrogen-bond acceptors (Lipinski definition) is 7. The van der Waals surface area contributed by atoms with Crippen LogP contribution in [0.1, 0.15) is 10.5 Å². The Morgan fingerprint density at radius 3 is 2.35 bits per heavy atom. The highest BCUT2D eigenvalue weighted by Gasteiger charge is 2.21. The largest absolute Gasteiger partial charge is 0.491 e. The van der Waals surface area contributed by atoms with Crippen LogP contribution in [0.15, 0.2) is 24.3 Å². The van der Waals surface area contributed by atoms with Gasteiger partial charge in [-0.2, -0.15) is 8.78 Å². The summed E-state index contributed by atoms with van der Waals surface area (Å²) in [5.41, 5.74) is 6.07. The topological polar surface area (TPSA) is 96.6 Å². The van der Waals surface area contributed by atoms with Crippen LogP contribution in [-0.4, -0.2) is 36.8 Å². The van der Waals surface area contributed by atoms with E-state index in [9.17, 15) is 13.6 Å². The van der Waals surface area contributed by atoms with Gasteiger partial charge in [0.2, 0.25) is 0 Å². The summed E-state index contributed by atoms with van der Waals surface area (Å²) in [4.78, 5) is 19.8. The van der Waals surface area contributed by atoms with E-state index in [2.05, 4.69) is 19.4 Å². The Hall–Kier alpha value is -2.97. The number of carbonyl (C=O) groups is 1. The van der Waals surface area contributed by atoms with Crippen molar-refractivity contribution in [3.8, 4) is 22.9 Å². The minimum Gasteiger partial charge on any atom is -0.491 e. The van der Waals surface area contributed by atoms with Gasteiger partial charge in [-0.25, -0.2) is 14.8 Å². The first-order chi connectivity index (χ1) is 11.0. The molecule has 1 aromatic heterocycles. The highest BCUT2D eigenvalue weighted by atomic mass is 19.3. The number of carbonyl (C=O) groups excluding carboxylic acids is 1. The summed E-state index contributed by atoms with van der Waals surface area (Å²) in [5.74, 6) is -0.690. The molecular weight excluding hydrogens is 312 g/mol. The number of alkyl halides is 2. The maximum Gasteiger partial charge on any atom is 0.387 e. The molecule has 0 aliphatic rings. The number of halogens is 2. The zero-order valence-electron chi connectivity index (χ0n) is 12.2. The monoisotopic (exact) mass is 325 g/mol. The SMILES string of the molecule is COC(=O)c1nc(-c2ccc(OC(F)F)cc2)nc(N)c1OC. The van der Waals surface area contributed by atoms with Crippen LogP contribution in [0.2, 0.25) is 0 Å². The summed E-state index contributed by atoms with van der Waals surface area (Å²) < 4.78 is 38.1. The Labute approximate surface area is 130 Å². The highest BCUT2D eigenvalue weighted by Crippen LogP contribution is 2.28. The maximum atomic E-state index is 12.1. The molecule has 0 saturated carbocycles. The third kappa shape index (κ3) is 3.62. The minimum absolute atomic E-state index is 0.00162. The van der Waals surface area contributed by atoms with Crippen LogP contribution >= 0.6 is 0 Å². The fraction of sp³-hybridized carbons (Fsp3) is 0.214. The van der Waals surface area contributed by atoms with Crippen molar-refractivity contribution in [2.24, 2.45) is 0 Å². The van der Waals surface area contributed by atoms with Crippen LogP contribution in [0.5, 0.6) is 11.5 Å². The predicted molar refractivity (Wildman–Crippen MR) is 76.4 cm³/mol. The van der Waals surface area contributed by atoms with Gasteiger partial charge in [-0.1, -0.05) is 0 Å². The first-order valence-electron chi connectivity index (χ1n) is 6.31. The van der Waals surface area contributed by atoms with Crippen LogP contribution < -0.4 is 15.2 Å². The van der Waals surface area contributed by atoms with Crippen LogP contribution in [0, 0.1) is 0 Å². The summed E-state index contributed by atoms with van der Waals surface area (Å²) in [6, 6.07) is 5.56. The molecule has 0 spiro atoms. The third-order valence-corrected chi connectivity index (χ3v) is 2.81. The fourth-order valence-corrected chi connectivity index (χ4v) is 1.82. The Morgan fingerprint density at radius 1 is 1.17 bits per heavy atom. The lowest BCUT2D eigenvalue weighted by molar-refractivity contribution is -0.0498. The second-order valence-corrected chi connectivity index (χ2v) is 4.21. The zero-order chi connectivity index (χ0) is 17.0. The van der Waals surface area contributed by atoms with Crippen molar-refractivity contribution in [2.45, 2.75) is 6.61 Å². The summed E-state index contributed by atoms with van der Waals surface area (Å²) in [5, 5.41) is 0.